The summed E-state index contributed by atoms with van der Waals surface area (Å²) in [6.45, 7) is 3.88. The van der Waals surface area contributed by atoms with Crippen LogP contribution in [0.3, 0.4) is 0 Å². The second-order valence-corrected chi connectivity index (χ2v) is 10.0. The molecule has 3 saturated heterocycles. The van der Waals surface area contributed by atoms with E-state index in [9.17, 15) is 9.59 Å². The summed E-state index contributed by atoms with van der Waals surface area (Å²) in [5, 5.41) is 5.21. The van der Waals surface area contributed by atoms with Crippen molar-refractivity contribution in [2.45, 2.75) is 75.5 Å². The Labute approximate surface area is 177 Å². The van der Waals surface area contributed by atoms with Gasteiger partial charge >= 0.3 is 6.03 Å². The van der Waals surface area contributed by atoms with E-state index >= 15 is 0 Å². The van der Waals surface area contributed by atoms with Crippen molar-refractivity contribution in [2.24, 2.45) is 0 Å². The number of carbonyl (C=O) groups is 2. The van der Waals surface area contributed by atoms with Crippen molar-refractivity contribution >= 4 is 23.3 Å². The van der Waals surface area contributed by atoms with Gasteiger partial charge in [0.25, 0.3) is 5.91 Å². The molecule has 1 aromatic rings. The van der Waals surface area contributed by atoms with Crippen LogP contribution in [0.1, 0.15) is 61.0 Å². The maximum Gasteiger partial charge on any atom is 0.318 e. The monoisotopic (exact) mass is 416 g/mol. The van der Waals surface area contributed by atoms with E-state index in [1.807, 2.05) is 22.4 Å². The van der Waals surface area contributed by atoms with Crippen molar-refractivity contribution in [3.63, 3.8) is 0 Å². The quantitative estimate of drug-likeness (QED) is 0.824. The molecule has 4 heterocycles. The van der Waals surface area contributed by atoms with Crippen LogP contribution in [0, 0.1) is 0 Å². The number of thiophene rings is 1. The van der Waals surface area contributed by atoms with Gasteiger partial charge in [-0.15, -0.1) is 11.3 Å². The zero-order valence-electron chi connectivity index (χ0n) is 17.1. The molecule has 0 spiro atoms. The molecule has 158 valence electrons. The Bertz CT molecular complexity index is 723. The van der Waals surface area contributed by atoms with Gasteiger partial charge in [0.05, 0.1) is 17.0 Å². The number of nitrogens with one attached hydrogen (secondary N) is 1. The SMILES string of the molecule is O=C(c1cccs1)N1CCC(N2CCC(N3C(=O)N[C@@H]4CCCC[C@@H]43)CC2)CC1. The van der Waals surface area contributed by atoms with E-state index in [0.717, 1.165) is 63.2 Å². The molecule has 0 aromatic carbocycles. The summed E-state index contributed by atoms with van der Waals surface area (Å²) in [7, 11) is 0. The second-order valence-electron chi connectivity index (χ2n) is 9.08. The van der Waals surface area contributed by atoms with Crippen molar-refractivity contribution in [3.8, 4) is 0 Å². The fourth-order valence-electron chi connectivity index (χ4n) is 5.95. The summed E-state index contributed by atoms with van der Waals surface area (Å²) in [6.07, 6.45) is 9.13. The number of nitrogens with zero attached hydrogens (tertiary/aromatic N) is 3. The van der Waals surface area contributed by atoms with Gasteiger partial charge in [-0.1, -0.05) is 18.9 Å². The van der Waals surface area contributed by atoms with Crippen LogP contribution in [0.4, 0.5) is 4.79 Å². The van der Waals surface area contributed by atoms with Gasteiger partial charge in [0.2, 0.25) is 0 Å². The highest BCUT2D eigenvalue weighted by Gasteiger charge is 2.44. The minimum absolute atomic E-state index is 0.181. The Kier molecular flexibility index (Phi) is 5.52. The summed E-state index contributed by atoms with van der Waals surface area (Å²) in [5.74, 6) is 0.194. The van der Waals surface area contributed by atoms with Gasteiger partial charge in [-0.3, -0.25) is 4.79 Å². The molecule has 6 nitrogen and oxygen atoms in total. The molecular formula is C22H32N4O2S. The smallest absolute Gasteiger partial charge is 0.318 e. The highest BCUT2D eigenvalue weighted by atomic mass is 32.1. The van der Waals surface area contributed by atoms with Crippen molar-refractivity contribution in [1.29, 1.82) is 0 Å². The van der Waals surface area contributed by atoms with E-state index < -0.39 is 0 Å². The minimum Gasteiger partial charge on any atom is -0.338 e. The van der Waals surface area contributed by atoms with E-state index in [1.54, 1.807) is 0 Å². The molecule has 1 aromatic heterocycles. The number of piperidine rings is 2. The molecule has 0 radical (unpaired) electrons. The summed E-state index contributed by atoms with van der Waals surface area (Å²) in [6, 6.07) is 5.86. The molecule has 4 fully saturated rings. The number of amides is 3. The molecule has 3 amide bonds. The summed E-state index contributed by atoms with van der Waals surface area (Å²) >= 11 is 1.53. The van der Waals surface area contributed by atoms with E-state index in [4.69, 9.17) is 0 Å². The Morgan fingerprint density at radius 1 is 0.966 bits per heavy atom. The third kappa shape index (κ3) is 3.79. The fourth-order valence-corrected chi connectivity index (χ4v) is 6.64. The third-order valence-corrected chi connectivity index (χ3v) is 8.38. The lowest BCUT2D eigenvalue weighted by Gasteiger charge is -2.44. The van der Waals surface area contributed by atoms with Crippen LogP contribution in [-0.4, -0.2) is 77.0 Å². The Hall–Kier alpha value is -1.60. The predicted octanol–water partition coefficient (Wildman–Crippen LogP) is 3.15. The van der Waals surface area contributed by atoms with Crippen molar-refractivity contribution in [1.82, 2.24) is 20.0 Å². The first-order chi connectivity index (χ1) is 14.2. The lowest BCUT2D eigenvalue weighted by Crippen LogP contribution is -2.53. The summed E-state index contributed by atoms with van der Waals surface area (Å²) in [5.41, 5.74) is 0. The second kappa shape index (κ2) is 8.26. The summed E-state index contributed by atoms with van der Waals surface area (Å²) in [4.78, 5) is 32.9. The van der Waals surface area contributed by atoms with Gasteiger partial charge in [-0.25, -0.2) is 4.79 Å². The average molecular weight is 417 g/mol. The first kappa shape index (κ1) is 19.4. The number of carbonyl (C=O) groups excluding carboxylic acids is 2. The van der Waals surface area contributed by atoms with Crippen LogP contribution in [0.5, 0.6) is 0 Å². The molecule has 4 aliphatic rings. The maximum atomic E-state index is 12.6. The number of rotatable bonds is 3. The predicted molar refractivity (Wildman–Crippen MR) is 114 cm³/mol. The zero-order valence-corrected chi connectivity index (χ0v) is 17.9. The summed E-state index contributed by atoms with van der Waals surface area (Å²) < 4.78 is 0. The largest absolute Gasteiger partial charge is 0.338 e. The lowest BCUT2D eigenvalue weighted by atomic mass is 9.89. The van der Waals surface area contributed by atoms with Crippen LogP contribution in [0.25, 0.3) is 0 Å². The highest BCUT2D eigenvalue weighted by Crippen LogP contribution is 2.33. The maximum absolute atomic E-state index is 12.6. The Balaban J connectivity index is 1.12. The van der Waals surface area contributed by atoms with Gasteiger partial charge in [0.1, 0.15) is 0 Å². The highest BCUT2D eigenvalue weighted by molar-refractivity contribution is 7.12. The van der Waals surface area contributed by atoms with Crippen LogP contribution >= 0.6 is 11.3 Å². The number of hydrogen-bond donors (Lipinski definition) is 1. The van der Waals surface area contributed by atoms with Gasteiger partial charge in [0, 0.05) is 38.3 Å². The number of fused-ring (bicyclic) bond motifs is 1. The molecule has 29 heavy (non-hydrogen) atoms. The molecule has 7 heteroatoms. The number of urea groups is 1. The van der Waals surface area contributed by atoms with Gasteiger partial charge < -0.3 is 20.0 Å². The molecule has 5 rings (SSSR count). The zero-order chi connectivity index (χ0) is 19.8. The van der Waals surface area contributed by atoms with E-state index in [1.165, 1.54) is 30.6 Å². The molecule has 1 N–H and O–H groups in total. The first-order valence-electron chi connectivity index (χ1n) is 11.4. The molecule has 2 atom stereocenters. The van der Waals surface area contributed by atoms with Crippen LogP contribution in [0.15, 0.2) is 17.5 Å². The topological polar surface area (TPSA) is 55.9 Å². The van der Waals surface area contributed by atoms with Crippen LogP contribution in [0.2, 0.25) is 0 Å². The molecule has 1 aliphatic carbocycles. The Morgan fingerprint density at radius 2 is 1.69 bits per heavy atom. The normalized spacial score (nSPS) is 29.7. The molecule has 3 aliphatic heterocycles. The average Bonchev–Trinajstić information content (AvgIpc) is 3.41. The third-order valence-electron chi connectivity index (χ3n) is 7.52. The minimum atomic E-state index is 0.181. The lowest BCUT2D eigenvalue weighted by molar-refractivity contribution is 0.0474. The fraction of sp³-hybridized carbons (Fsp3) is 0.727. The number of likely N-dealkylation sites (tertiary alicyclic amines) is 2. The standard InChI is InChI=1S/C22H32N4O2S/c27-21(20-6-3-15-29-20)25-13-7-16(8-14-25)24-11-9-17(10-12-24)26-19-5-2-1-4-18(19)23-22(26)28/h3,6,15-19H,1-2,4-5,7-14H2,(H,23,28)/t18-,19+/m1/s1. The molecule has 0 unspecified atom stereocenters. The van der Waals surface area contributed by atoms with Crippen molar-refractivity contribution in [2.75, 3.05) is 26.2 Å². The van der Waals surface area contributed by atoms with E-state index in [0.29, 0.717) is 24.2 Å². The van der Waals surface area contributed by atoms with Gasteiger partial charge in [-0.2, -0.15) is 0 Å². The molecule has 0 bridgehead atoms. The van der Waals surface area contributed by atoms with Crippen LogP contribution in [-0.2, 0) is 0 Å². The molecular weight excluding hydrogens is 384 g/mol. The van der Waals surface area contributed by atoms with Crippen LogP contribution < -0.4 is 5.32 Å². The molecule has 1 saturated carbocycles. The van der Waals surface area contributed by atoms with E-state index in [-0.39, 0.29) is 11.9 Å². The Morgan fingerprint density at radius 3 is 2.41 bits per heavy atom. The first-order valence-corrected chi connectivity index (χ1v) is 12.2. The van der Waals surface area contributed by atoms with Gasteiger partial charge in [-0.05, 0) is 50.0 Å². The van der Waals surface area contributed by atoms with Gasteiger partial charge in [0.15, 0.2) is 0 Å². The van der Waals surface area contributed by atoms with Crippen molar-refractivity contribution in [3.05, 3.63) is 22.4 Å². The number of hydrogen-bond acceptors (Lipinski definition) is 4. The van der Waals surface area contributed by atoms with E-state index in [2.05, 4.69) is 15.1 Å². The van der Waals surface area contributed by atoms with Crippen molar-refractivity contribution < 1.29 is 9.59 Å².